The van der Waals surface area contributed by atoms with E-state index in [1.165, 1.54) is 25.3 Å². The fourth-order valence-corrected chi connectivity index (χ4v) is 4.04. The van der Waals surface area contributed by atoms with E-state index < -0.39 is 0 Å². The van der Waals surface area contributed by atoms with Gasteiger partial charge in [-0.2, -0.15) is 0 Å². The second kappa shape index (κ2) is 10.3. The average molecular weight is 423 g/mol. The van der Waals surface area contributed by atoms with Gasteiger partial charge in [-0.15, -0.1) is 0 Å². The number of nitrogens with zero attached hydrogens (tertiary/aromatic N) is 3. The van der Waals surface area contributed by atoms with Crippen LogP contribution in [0.3, 0.4) is 0 Å². The Morgan fingerprint density at radius 3 is 2.87 bits per heavy atom. The summed E-state index contributed by atoms with van der Waals surface area (Å²) in [5.41, 5.74) is 3.21. The Balaban J connectivity index is 1.36. The maximum Gasteiger partial charge on any atom is 0.191 e. The monoisotopic (exact) mass is 422 g/mol. The zero-order chi connectivity index (χ0) is 21.5. The highest BCUT2D eigenvalue weighted by Crippen LogP contribution is 2.20. The molecule has 1 fully saturated rings. The third-order valence-electron chi connectivity index (χ3n) is 5.67. The molecule has 7 heteroatoms. The number of halogens is 1. The summed E-state index contributed by atoms with van der Waals surface area (Å²) in [6.07, 6.45) is 8.40. The van der Waals surface area contributed by atoms with Crippen LogP contribution in [0.5, 0.6) is 0 Å². The lowest BCUT2D eigenvalue weighted by Crippen LogP contribution is -2.38. The largest absolute Gasteiger partial charge is 0.361 e. The highest BCUT2D eigenvalue weighted by Gasteiger charge is 2.12. The van der Waals surface area contributed by atoms with Gasteiger partial charge in [0.25, 0.3) is 0 Å². The molecule has 1 aromatic carbocycles. The van der Waals surface area contributed by atoms with E-state index in [0.717, 1.165) is 59.9 Å². The lowest BCUT2D eigenvalue weighted by Gasteiger charge is -2.27. The molecule has 164 valence electrons. The van der Waals surface area contributed by atoms with Gasteiger partial charge < -0.3 is 20.5 Å². The summed E-state index contributed by atoms with van der Waals surface area (Å²) in [6, 6.07) is 9.02. The fourth-order valence-electron chi connectivity index (χ4n) is 4.04. The molecule has 0 unspecified atom stereocenters. The molecule has 3 heterocycles. The first kappa shape index (κ1) is 21.2. The Morgan fingerprint density at radius 1 is 1.16 bits per heavy atom. The van der Waals surface area contributed by atoms with Crippen molar-refractivity contribution in [3.63, 3.8) is 0 Å². The van der Waals surface area contributed by atoms with Crippen LogP contribution in [-0.4, -0.2) is 42.1 Å². The van der Waals surface area contributed by atoms with Gasteiger partial charge in [0.05, 0.1) is 6.54 Å². The van der Waals surface area contributed by atoms with Gasteiger partial charge in [0, 0.05) is 49.5 Å². The number of rotatable bonds is 7. The van der Waals surface area contributed by atoms with Gasteiger partial charge in [0.2, 0.25) is 0 Å². The molecular formula is C24H31FN6. The van der Waals surface area contributed by atoms with Crippen molar-refractivity contribution in [3.05, 3.63) is 59.7 Å². The van der Waals surface area contributed by atoms with Crippen LogP contribution in [0.15, 0.2) is 47.7 Å². The molecule has 0 aliphatic carbocycles. The van der Waals surface area contributed by atoms with Crippen molar-refractivity contribution in [2.45, 2.75) is 39.2 Å². The van der Waals surface area contributed by atoms with Gasteiger partial charge in [0.1, 0.15) is 11.6 Å². The molecule has 31 heavy (non-hydrogen) atoms. The third kappa shape index (κ3) is 5.54. The van der Waals surface area contributed by atoms with E-state index >= 15 is 0 Å². The number of aromatic amines is 1. The molecule has 3 aromatic rings. The smallest absolute Gasteiger partial charge is 0.191 e. The lowest BCUT2D eigenvalue weighted by molar-refractivity contribution is 0.573. The van der Waals surface area contributed by atoms with Crippen LogP contribution in [0.2, 0.25) is 0 Å². The van der Waals surface area contributed by atoms with Gasteiger partial charge in [-0.05, 0) is 74.1 Å². The molecule has 0 radical (unpaired) electrons. The zero-order valence-corrected chi connectivity index (χ0v) is 18.1. The van der Waals surface area contributed by atoms with Crippen molar-refractivity contribution in [1.29, 1.82) is 0 Å². The van der Waals surface area contributed by atoms with Crippen molar-refractivity contribution in [3.8, 4) is 0 Å². The topological polar surface area (TPSA) is 68.3 Å². The molecule has 3 N–H and O–H groups in total. The highest BCUT2D eigenvalue weighted by atomic mass is 19.1. The van der Waals surface area contributed by atoms with Crippen LogP contribution in [0.4, 0.5) is 10.2 Å². The number of piperidine rings is 1. The van der Waals surface area contributed by atoms with Crippen LogP contribution in [0, 0.1) is 5.82 Å². The quantitative estimate of drug-likeness (QED) is 0.398. The van der Waals surface area contributed by atoms with Gasteiger partial charge in [0.15, 0.2) is 5.96 Å². The van der Waals surface area contributed by atoms with E-state index in [9.17, 15) is 4.39 Å². The molecule has 0 bridgehead atoms. The number of aliphatic imine (C=N–C) groups is 1. The minimum Gasteiger partial charge on any atom is -0.361 e. The summed E-state index contributed by atoms with van der Waals surface area (Å²) in [5.74, 6) is 1.62. The van der Waals surface area contributed by atoms with Crippen LogP contribution in [0.1, 0.15) is 37.3 Å². The number of benzene rings is 1. The van der Waals surface area contributed by atoms with E-state index in [1.807, 2.05) is 18.5 Å². The van der Waals surface area contributed by atoms with E-state index in [0.29, 0.717) is 13.1 Å². The van der Waals surface area contributed by atoms with Gasteiger partial charge >= 0.3 is 0 Å². The standard InChI is InChI=1S/C24H31FN6/c1-2-26-24(28-11-9-19-17-29-22-7-6-20(25)15-21(19)22)30-16-18-8-10-27-23(14-18)31-12-4-3-5-13-31/h6-8,10,14-15,17,29H,2-5,9,11-13,16H2,1H3,(H2,26,28,30). The van der Waals surface area contributed by atoms with Gasteiger partial charge in [-0.3, -0.25) is 0 Å². The molecule has 1 saturated heterocycles. The Bertz CT molecular complexity index is 1020. The van der Waals surface area contributed by atoms with Crippen LogP contribution in [0.25, 0.3) is 10.9 Å². The highest BCUT2D eigenvalue weighted by molar-refractivity contribution is 5.83. The maximum absolute atomic E-state index is 13.6. The van der Waals surface area contributed by atoms with E-state index in [4.69, 9.17) is 4.99 Å². The predicted octanol–water partition coefficient (Wildman–Crippen LogP) is 3.99. The normalized spacial score (nSPS) is 14.8. The number of hydrogen-bond donors (Lipinski definition) is 3. The van der Waals surface area contributed by atoms with Crippen molar-refractivity contribution >= 4 is 22.7 Å². The summed E-state index contributed by atoms with van der Waals surface area (Å²) in [4.78, 5) is 14.9. The fraction of sp³-hybridized carbons (Fsp3) is 0.417. The molecule has 0 amide bonds. The number of H-pyrrole nitrogens is 1. The van der Waals surface area contributed by atoms with E-state index in [1.54, 1.807) is 12.1 Å². The zero-order valence-electron chi connectivity index (χ0n) is 18.1. The molecule has 2 aromatic heterocycles. The molecule has 4 rings (SSSR count). The lowest BCUT2D eigenvalue weighted by atomic mass is 10.1. The third-order valence-corrected chi connectivity index (χ3v) is 5.67. The predicted molar refractivity (Wildman–Crippen MR) is 125 cm³/mol. The summed E-state index contributed by atoms with van der Waals surface area (Å²) in [6.45, 7) is 6.32. The number of guanidine groups is 1. The number of aromatic nitrogens is 2. The number of pyridine rings is 1. The second-order valence-electron chi connectivity index (χ2n) is 7.95. The SMILES string of the molecule is CCNC(=NCc1ccnc(N2CCCCC2)c1)NCCc1c[nH]c2ccc(F)cc12. The summed E-state index contributed by atoms with van der Waals surface area (Å²) >= 11 is 0. The van der Waals surface area contributed by atoms with Crippen molar-refractivity contribution in [2.75, 3.05) is 31.1 Å². The Morgan fingerprint density at radius 2 is 2.03 bits per heavy atom. The Hall–Kier alpha value is -3.09. The molecular weight excluding hydrogens is 391 g/mol. The number of anilines is 1. The van der Waals surface area contributed by atoms with E-state index in [2.05, 4.69) is 38.5 Å². The summed E-state index contributed by atoms with van der Waals surface area (Å²) in [5, 5.41) is 7.63. The number of nitrogens with one attached hydrogen (secondary N) is 3. The maximum atomic E-state index is 13.6. The van der Waals surface area contributed by atoms with Gasteiger partial charge in [-0.25, -0.2) is 14.4 Å². The first-order valence-electron chi connectivity index (χ1n) is 11.2. The molecule has 0 atom stereocenters. The Kier molecular flexibility index (Phi) is 7.02. The Labute approximate surface area is 183 Å². The van der Waals surface area contributed by atoms with Crippen LogP contribution in [-0.2, 0) is 13.0 Å². The number of hydrogen-bond acceptors (Lipinski definition) is 3. The van der Waals surface area contributed by atoms with Gasteiger partial charge in [-0.1, -0.05) is 0 Å². The van der Waals surface area contributed by atoms with Crippen molar-refractivity contribution in [1.82, 2.24) is 20.6 Å². The molecule has 0 saturated carbocycles. The summed E-state index contributed by atoms with van der Waals surface area (Å²) in [7, 11) is 0. The minimum atomic E-state index is -0.211. The van der Waals surface area contributed by atoms with E-state index in [-0.39, 0.29) is 5.82 Å². The number of fused-ring (bicyclic) bond motifs is 1. The molecule has 6 nitrogen and oxygen atoms in total. The van der Waals surface area contributed by atoms with Crippen molar-refractivity contribution < 1.29 is 4.39 Å². The first-order chi connectivity index (χ1) is 15.2. The first-order valence-corrected chi connectivity index (χ1v) is 11.2. The van der Waals surface area contributed by atoms with Crippen LogP contribution < -0.4 is 15.5 Å². The van der Waals surface area contributed by atoms with Crippen LogP contribution >= 0.6 is 0 Å². The summed E-state index contributed by atoms with van der Waals surface area (Å²) < 4.78 is 13.6. The molecule has 1 aliphatic rings. The van der Waals surface area contributed by atoms with Crippen molar-refractivity contribution in [2.24, 2.45) is 4.99 Å². The average Bonchev–Trinajstić information content (AvgIpc) is 3.20. The minimum absolute atomic E-state index is 0.211. The second-order valence-corrected chi connectivity index (χ2v) is 7.95. The molecule has 0 spiro atoms. The molecule has 1 aliphatic heterocycles.